The molecule has 2 heteroatoms. The molecule has 1 rings (SSSR count). The third kappa shape index (κ3) is 3.55. The van der Waals surface area contributed by atoms with Gasteiger partial charge in [-0.1, -0.05) is 11.6 Å². The number of thiophene rings is 1. The van der Waals surface area contributed by atoms with E-state index >= 15 is 0 Å². The minimum Gasteiger partial charge on any atom is -0.297 e. The molecule has 0 aliphatic rings. The summed E-state index contributed by atoms with van der Waals surface area (Å²) in [5.74, 6) is 0. The summed E-state index contributed by atoms with van der Waals surface area (Å²) in [5, 5.41) is 2.06. The van der Waals surface area contributed by atoms with Crippen LogP contribution in [0.4, 0.5) is 0 Å². The van der Waals surface area contributed by atoms with Crippen LogP contribution in [0.25, 0.3) is 0 Å². The van der Waals surface area contributed by atoms with Crippen LogP contribution in [0.5, 0.6) is 0 Å². The Bertz CT molecular complexity index is 306. The third-order valence-corrected chi connectivity index (χ3v) is 2.68. The molecule has 0 N–H and O–H groups in total. The highest BCUT2D eigenvalue weighted by atomic mass is 32.1. The lowest BCUT2D eigenvalue weighted by atomic mass is 10.1. The molecule has 0 bridgehead atoms. The van der Waals surface area contributed by atoms with E-state index in [1.54, 1.807) is 0 Å². The summed E-state index contributed by atoms with van der Waals surface area (Å²) in [6.07, 6.45) is 5.24. The van der Waals surface area contributed by atoms with Crippen LogP contribution in [0.1, 0.15) is 35.5 Å². The number of hydrogen-bond acceptors (Lipinski definition) is 2. The predicted molar refractivity (Wildman–Crippen MR) is 57.5 cm³/mol. The van der Waals surface area contributed by atoms with Gasteiger partial charge in [-0.2, -0.15) is 0 Å². The molecule has 13 heavy (non-hydrogen) atoms. The summed E-state index contributed by atoms with van der Waals surface area (Å²) in [4.78, 5) is 11.2. The van der Waals surface area contributed by atoms with Gasteiger partial charge in [-0.15, -0.1) is 11.3 Å². The largest absolute Gasteiger partial charge is 0.297 e. The number of carbonyl (C=O) groups excluding carboxylic acids is 1. The van der Waals surface area contributed by atoms with Gasteiger partial charge >= 0.3 is 0 Å². The van der Waals surface area contributed by atoms with Crippen molar-refractivity contribution in [2.75, 3.05) is 0 Å². The minimum absolute atomic E-state index is 0.826. The highest BCUT2D eigenvalue weighted by molar-refractivity contribution is 7.11. The van der Waals surface area contributed by atoms with Crippen molar-refractivity contribution in [3.63, 3.8) is 0 Å². The van der Waals surface area contributed by atoms with E-state index in [0.717, 1.165) is 24.0 Å². The molecular weight excluding hydrogens is 180 g/mol. The van der Waals surface area contributed by atoms with Crippen LogP contribution in [0, 0.1) is 0 Å². The maximum Gasteiger partial charge on any atom is 0.160 e. The Kier molecular flexibility index (Phi) is 3.90. The van der Waals surface area contributed by atoms with Crippen molar-refractivity contribution in [2.45, 2.75) is 26.7 Å². The van der Waals surface area contributed by atoms with Crippen LogP contribution in [-0.2, 0) is 6.42 Å². The Morgan fingerprint density at radius 3 is 2.85 bits per heavy atom. The summed E-state index contributed by atoms with van der Waals surface area (Å²) < 4.78 is 0. The Hall–Kier alpha value is -0.890. The second-order valence-electron chi connectivity index (χ2n) is 3.30. The molecule has 0 saturated heterocycles. The molecular formula is C11H14OS. The van der Waals surface area contributed by atoms with Crippen molar-refractivity contribution < 1.29 is 4.79 Å². The van der Waals surface area contributed by atoms with Crippen LogP contribution in [0.2, 0.25) is 0 Å². The second-order valence-corrected chi connectivity index (χ2v) is 4.24. The smallest absolute Gasteiger partial charge is 0.160 e. The van der Waals surface area contributed by atoms with Crippen molar-refractivity contribution in [1.29, 1.82) is 0 Å². The van der Waals surface area contributed by atoms with Crippen molar-refractivity contribution in [3.05, 3.63) is 33.5 Å². The Labute approximate surface area is 83.1 Å². The fourth-order valence-electron chi connectivity index (χ4n) is 1.11. The molecule has 1 aromatic rings. The Morgan fingerprint density at radius 2 is 2.31 bits per heavy atom. The van der Waals surface area contributed by atoms with E-state index in [1.807, 2.05) is 6.07 Å². The van der Waals surface area contributed by atoms with Crippen LogP contribution in [0.3, 0.4) is 0 Å². The first-order valence-corrected chi connectivity index (χ1v) is 5.26. The van der Waals surface area contributed by atoms with Crippen molar-refractivity contribution in [2.24, 2.45) is 0 Å². The maximum atomic E-state index is 10.4. The van der Waals surface area contributed by atoms with Crippen molar-refractivity contribution in [3.8, 4) is 0 Å². The normalized spacial score (nSPS) is 9.69. The molecule has 0 radical (unpaired) electrons. The van der Waals surface area contributed by atoms with Crippen LogP contribution in [0.15, 0.2) is 23.1 Å². The number of rotatable bonds is 4. The van der Waals surface area contributed by atoms with Crippen LogP contribution in [-0.4, -0.2) is 6.29 Å². The molecule has 70 valence electrons. The lowest BCUT2D eigenvalue weighted by Crippen LogP contribution is -1.79. The van der Waals surface area contributed by atoms with Crippen LogP contribution >= 0.6 is 11.3 Å². The summed E-state index contributed by atoms with van der Waals surface area (Å²) in [7, 11) is 0. The van der Waals surface area contributed by atoms with Gasteiger partial charge < -0.3 is 0 Å². The minimum atomic E-state index is 0.826. The van der Waals surface area contributed by atoms with E-state index in [-0.39, 0.29) is 0 Å². The predicted octanol–water partition coefficient (Wildman–Crippen LogP) is 3.46. The summed E-state index contributed by atoms with van der Waals surface area (Å²) in [6, 6.07) is 1.97. The third-order valence-electron chi connectivity index (χ3n) is 1.78. The molecule has 0 fully saturated rings. The van der Waals surface area contributed by atoms with E-state index in [9.17, 15) is 4.79 Å². The quantitative estimate of drug-likeness (QED) is 0.530. The Morgan fingerprint density at radius 1 is 1.54 bits per heavy atom. The standard InChI is InChI=1S/C11H14OS/c1-9(2)4-3-5-10-6-11(7-12)13-8-10/h4,6-8H,3,5H2,1-2H3. The number of carbonyl (C=O) groups is 1. The van der Waals surface area contributed by atoms with E-state index in [0.29, 0.717) is 0 Å². The van der Waals surface area contributed by atoms with Gasteiger partial charge in [0, 0.05) is 0 Å². The summed E-state index contributed by atoms with van der Waals surface area (Å²) in [5.41, 5.74) is 2.62. The molecule has 0 saturated carbocycles. The average molecular weight is 194 g/mol. The summed E-state index contributed by atoms with van der Waals surface area (Å²) >= 11 is 1.52. The van der Waals surface area contributed by atoms with Gasteiger partial charge in [-0.05, 0) is 43.7 Å². The molecule has 0 amide bonds. The number of hydrogen-bond donors (Lipinski definition) is 0. The van der Waals surface area contributed by atoms with Crippen molar-refractivity contribution in [1.82, 2.24) is 0 Å². The second kappa shape index (κ2) is 4.97. The fraction of sp³-hybridized carbons (Fsp3) is 0.364. The van der Waals surface area contributed by atoms with Gasteiger partial charge in [0.2, 0.25) is 0 Å². The van der Waals surface area contributed by atoms with Gasteiger partial charge in [0.15, 0.2) is 6.29 Å². The molecule has 0 unspecified atom stereocenters. The number of aryl methyl sites for hydroxylation is 1. The lowest BCUT2D eigenvalue weighted by Gasteiger charge is -1.92. The molecule has 1 heterocycles. The molecule has 0 spiro atoms. The van der Waals surface area contributed by atoms with Gasteiger partial charge in [0.25, 0.3) is 0 Å². The molecule has 0 aliphatic carbocycles. The fourth-order valence-corrected chi connectivity index (χ4v) is 1.86. The lowest BCUT2D eigenvalue weighted by molar-refractivity contribution is 0.112. The van der Waals surface area contributed by atoms with Crippen molar-refractivity contribution >= 4 is 17.6 Å². The number of aldehydes is 1. The average Bonchev–Trinajstić information content (AvgIpc) is 2.52. The molecule has 1 aromatic heterocycles. The van der Waals surface area contributed by atoms with E-state index in [1.165, 1.54) is 22.5 Å². The zero-order valence-electron chi connectivity index (χ0n) is 8.04. The molecule has 1 nitrogen and oxygen atoms in total. The first-order chi connectivity index (χ1) is 6.22. The zero-order valence-corrected chi connectivity index (χ0v) is 8.86. The highest BCUT2D eigenvalue weighted by Gasteiger charge is 1.96. The van der Waals surface area contributed by atoms with E-state index in [4.69, 9.17) is 0 Å². The molecule has 0 atom stereocenters. The van der Waals surface area contributed by atoms with Gasteiger partial charge in [-0.25, -0.2) is 0 Å². The first-order valence-electron chi connectivity index (χ1n) is 4.38. The Balaban J connectivity index is 2.45. The SMILES string of the molecule is CC(C)=CCCc1csc(C=O)c1. The van der Waals surface area contributed by atoms with Gasteiger partial charge in [0.05, 0.1) is 4.88 Å². The van der Waals surface area contributed by atoms with Crippen LogP contribution < -0.4 is 0 Å². The highest BCUT2D eigenvalue weighted by Crippen LogP contribution is 2.14. The van der Waals surface area contributed by atoms with Gasteiger partial charge in [0.1, 0.15) is 0 Å². The van der Waals surface area contributed by atoms with E-state index in [2.05, 4.69) is 25.3 Å². The molecule has 0 aromatic carbocycles. The number of allylic oxidation sites excluding steroid dienone is 2. The van der Waals surface area contributed by atoms with Gasteiger partial charge in [-0.3, -0.25) is 4.79 Å². The molecule has 0 aliphatic heterocycles. The monoisotopic (exact) mass is 194 g/mol. The zero-order chi connectivity index (χ0) is 9.68. The topological polar surface area (TPSA) is 17.1 Å². The van der Waals surface area contributed by atoms with E-state index < -0.39 is 0 Å². The first kappa shape index (κ1) is 10.2. The maximum absolute atomic E-state index is 10.4. The summed E-state index contributed by atoms with van der Waals surface area (Å²) in [6.45, 7) is 4.20.